The fourth-order valence-electron chi connectivity index (χ4n) is 0.764. The summed E-state index contributed by atoms with van der Waals surface area (Å²) < 4.78 is 18.4. The predicted molar refractivity (Wildman–Crippen MR) is 54.8 cm³/mol. The molecule has 0 amide bonds. The standard InChI is InChI=1S/C9H7BrClFO/c1-2-3-13-9-4-6(10)8(12)5-7(9)11/h2,4-5H,1,3H2. The summed E-state index contributed by atoms with van der Waals surface area (Å²) in [6, 6.07) is 2.69. The maximum absolute atomic E-state index is 12.9. The molecule has 0 fully saturated rings. The molecule has 70 valence electrons. The third kappa shape index (κ3) is 2.71. The Kier molecular flexibility index (Phi) is 3.75. The lowest BCUT2D eigenvalue weighted by Crippen LogP contribution is -1.94. The van der Waals surface area contributed by atoms with E-state index in [2.05, 4.69) is 22.5 Å². The Hall–Kier alpha value is -0.540. The average Bonchev–Trinajstić information content (AvgIpc) is 2.09. The van der Waals surface area contributed by atoms with E-state index in [0.29, 0.717) is 16.8 Å². The molecule has 0 saturated carbocycles. The topological polar surface area (TPSA) is 9.23 Å². The van der Waals surface area contributed by atoms with Gasteiger partial charge in [-0.3, -0.25) is 0 Å². The third-order valence-corrected chi connectivity index (χ3v) is 2.23. The van der Waals surface area contributed by atoms with Gasteiger partial charge in [0.1, 0.15) is 18.2 Å². The molecule has 0 spiro atoms. The summed E-state index contributed by atoms with van der Waals surface area (Å²) in [4.78, 5) is 0. The zero-order valence-electron chi connectivity index (χ0n) is 6.69. The summed E-state index contributed by atoms with van der Waals surface area (Å²) in [5.74, 6) is 0.0331. The quantitative estimate of drug-likeness (QED) is 0.596. The van der Waals surface area contributed by atoms with E-state index >= 15 is 0 Å². The van der Waals surface area contributed by atoms with Crippen molar-refractivity contribution in [3.8, 4) is 5.75 Å². The molecule has 0 unspecified atom stereocenters. The Bertz CT molecular complexity index is 328. The molecule has 0 saturated heterocycles. The van der Waals surface area contributed by atoms with Crippen LogP contribution in [0, 0.1) is 5.82 Å². The molecule has 0 bridgehead atoms. The van der Waals surface area contributed by atoms with Crippen LogP contribution >= 0.6 is 27.5 Å². The van der Waals surface area contributed by atoms with Gasteiger partial charge in [0, 0.05) is 0 Å². The molecule has 1 rings (SSSR count). The first kappa shape index (κ1) is 10.5. The summed E-state index contributed by atoms with van der Waals surface area (Å²) in [7, 11) is 0. The summed E-state index contributed by atoms with van der Waals surface area (Å²) in [6.45, 7) is 3.84. The number of benzene rings is 1. The highest BCUT2D eigenvalue weighted by Gasteiger charge is 2.06. The fraction of sp³-hybridized carbons (Fsp3) is 0.111. The van der Waals surface area contributed by atoms with Gasteiger partial charge >= 0.3 is 0 Å². The molecular formula is C9H7BrClFO. The maximum atomic E-state index is 12.9. The third-order valence-electron chi connectivity index (χ3n) is 1.33. The predicted octanol–water partition coefficient (Wildman–Crippen LogP) is 3.81. The van der Waals surface area contributed by atoms with Crippen LogP contribution in [0.1, 0.15) is 0 Å². The lowest BCUT2D eigenvalue weighted by atomic mass is 10.3. The first-order chi connectivity index (χ1) is 6.15. The minimum absolute atomic E-state index is 0.252. The van der Waals surface area contributed by atoms with Gasteiger partial charge in [0.05, 0.1) is 9.50 Å². The molecular weight excluding hydrogens is 258 g/mol. The Morgan fingerprint density at radius 1 is 1.62 bits per heavy atom. The molecule has 0 aromatic heterocycles. The largest absolute Gasteiger partial charge is 0.488 e. The molecule has 1 aromatic rings. The van der Waals surface area contributed by atoms with Gasteiger partial charge in [-0.1, -0.05) is 24.3 Å². The molecule has 0 heterocycles. The van der Waals surface area contributed by atoms with Crippen molar-refractivity contribution in [3.05, 3.63) is 40.1 Å². The van der Waals surface area contributed by atoms with Gasteiger partial charge in [-0.15, -0.1) is 0 Å². The van der Waals surface area contributed by atoms with E-state index in [0.717, 1.165) is 0 Å². The van der Waals surface area contributed by atoms with Gasteiger partial charge in [0.2, 0.25) is 0 Å². The Morgan fingerprint density at radius 2 is 2.31 bits per heavy atom. The number of hydrogen-bond acceptors (Lipinski definition) is 1. The van der Waals surface area contributed by atoms with Crippen LogP contribution in [-0.2, 0) is 0 Å². The highest BCUT2D eigenvalue weighted by molar-refractivity contribution is 9.10. The molecule has 0 atom stereocenters. The second-order valence-electron chi connectivity index (χ2n) is 2.30. The van der Waals surface area contributed by atoms with E-state index in [1.807, 2.05) is 0 Å². The van der Waals surface area contributed by atoms with Crippen LogP contribution in [0.25, 0.3) is 0 Å². The number of hydrogen-bond donors (Lipinski definition) is 0. The highest BCUT2D eigenvalue weighted by atomic mass is 79.9. The smallest absolute Gasteiger partial charge is 0.139 e. The van der Waals surface area contributed by atoms with Crippen LogP contribution in [0.15, 0.2) is 29.3 Å². The van der Waals surface area contributed by atoms with E-state index in [1.54, 1.807) is 6.08 Å². The molecule has 0 radical (unpaired) electrons. The average molecular weight is 266 g/mol. The maximum Gasteiger partial charge on any atom is 0.139 e. The number of ether oxygens (including phenoxy) is 1. The Labute approximate surface area is 89.3 Å². The molecule has 0 aliphatic carbocycles. The Morgan fingerprint density at radius 3 is 2.92 bits per heavy atom. The van der Waals surface area contributed by atoms with Crippen molar-refractivity contribution in [3.63, 3.8) is 0 Å². The lowest BCUT2D eigenvalue weighted by molar-refractivity contribution is 0.362. The number of rotatable bonds is 3. The van der Waals surface area contributed by atoms with Crippen LogP contribution in [0.4, 0.5) is 4.39 Å². The van der Waals surface area contributed by atoms with Crippen LogP contribution in [-0.4, -0.2) is 6.61 Å². The summed E-state index contributed by atoms with van der Waals surface area (Å²) in [5.41, 5.74) is 0. The van der Waals surface area contributed by atoms with Crippen LogP contribution in [0.2, 0.25) is 5.02 Å². The second-order valence-corrected chi connectivity index (χ2v) is 3.56. The van der Waals surface area contributed by atoms with Gasteiger partial charge in [0.25, 0.3) is 0 Å². The molecule has 0 N–H and O–H groups in total. The molecule has 4 heteroatoms. The molecule has 0 aliphatic rings. The van der Waals surface area contributed by atoms with Gasteiger partial charge in [-0.05, 0) is 28.1 Å². The molecule has 1 aromatic carbocycles. The molecule has 1 nitrogen and oxygen atoms in total. The zero-order chi connectivity index (χ0) is 9.84. The molecule has 0 aliphatic heterocycles. The van der Waals surface area contributed by atoms with E-state index in [9.17, 15) is 4.39 Å². The monoisotopic (exact) mass is 264 g/mol. The van der Waals surface area contributed by atoms with Crippen molar-refractivity contribution < 1.29 is 9.13 Å². The first-order valence-corrected chi connectivity index (χ1v) is 4.70. The van der Waals surface area contributed by atoms with Crippen LogP contribution in [0.3, 0.4) is 0 Å². The SMILES string of the molecule is C=CCOc1cc(Br)c(F)cc1Cl. The van der Waals surface area contributed by atoms with E-state index in [-0.39, 0.29) is 5.02 Å². The van der Waals surface area contributed by atoms with Crippen molar-refractivity contribution in [1.29, 1.82) is 0 Å². The van der Waals surface area contributed by atoms with Crippen molar-refractivity contribution in [2.24, 2.45) is 0 Å². The van der Waals surface area contributed by atoms with Crippen molar-refractivity contribution in [2.75, 3.05) is 6.61 Å². The van der Waals surface area contributed by atoms with E-state index in [4.69, 9.17) is 16.3 Å². The Balaban J connectivity index is 2.94. The summed E-state index contributed by atoms with van der Waals surface area (Å²) in [6.07, 6.45) is 1.59. The second kappa shape index (κ2) is 4.63. The minimum Gasteiger partial charge on any atom is -0.488 e. The summed E-state index contributed by atoms with van der Waals surface area (Å²) in [5, 5.41) is 0.252. The lowest BCUT2D eigenvalue weighted by Gasteiger charge is -2.06. The van der Waals surface area contributed by atoms with Crippen molar-refractivity contribution in [1.82, 2.24) is 0 Å². The minimum atomic E-state index is -0.407. The van der Waals surface area contributed by atoms with E-state index < -0.39 is 5.82 Å². The fourth-order valence-corrected chi connectivity index (χ4v) is 1.29. The summed E-state index contributed by atoms with van der Waals surface area (Å²) >= 11 is 8.75. The number of halogens is 3. The highest BCUT2D eigenvalue weighted by Crippen LogP contribution is 2.30. The van der Waals surface area contributed by atoms with Crippen LogP contribution < -0.4 is 4.74 Å². The normalized spacial score (nSPS) is 9.77. The zero-order valence-corrected chi connectivity index (χ0v) is 9.03. The van der Waals surface area contributed by atoms with Gasteiger partial charge in [0.15, 0.2) is 0 Å². The van der Waals surface area contributed by atoms with Crippen LogP contribution in [0.5, 0.6) is 5.75 Å². The van der Waals surface area contributed by atoms with E-state index in [1.165, 1.54) is 12.1 Å². The first-order valence-electron chi connectivity index (χ1n) is 3.53. The van der Waals surface area contributed by atoms with Crippen molar-refractivity contribution in [2.45, 2.75) is 0 Å². The van der Waals surface area contributed by atoms with Crippen molar-refractivity contribution >= 4 is 27.5 Å². The van der Waals surface area contributed by atoms with Gasteiger partial charge in [-0.25, -0.2) is 4.39 Å². The van der Waals surface area contributed by atoms with Gasteiger partial charge < -0.3 is 4.74 Å². The van der Waals surface area contributed by atoms with Gasteiger partial charge in [-0.2, -0.15) is 0 Å². The molecule has 13 heavy (non-hydrogen) atoms.